The number of nitro benzene ring substituents is 1. The van der Waals surface area contributed by atoms with Crippen molar-refractivity contribution < 1.29 is 24.0 Å². The molecule has 0 amide bonds. The summed E-state index contributed by atoms with van der Waals surface area (Å²) in [6, 6.07) is 6.74. The molecule has 8 heteroatoms. The summed E-state index contributed by atoms with van der Waals surface area (Å²) in [4.78, 5) is 11.9. The lowest BCUT2D eigenvalue weighted by atomic mass is 9.91. The zero-order valence-electron chi connectivity index (χ0n) is 17.2. The SMILES string of the molecule is COc1c2c(cc3c1[C@H](C#CCNc1cc([N+](=O)[O-])ccc1C)[NH+](C)CC3)OCO2. The zero-order chi connectivity index (χ0) is 21.3. The average molecular weight is 410 g/mol. The molecule has 2 aromatic carbocycles. The molecule has 1 unspecified atom stereocenters. The average Bonchev–Trinajstić information content (AvgIpc) is 3.20. The highest BCUT2D eigenvalue weighted by atomic mass is 16.7. The third kappa shape index (κ3) is 3.60. The number of nitrogens with zero attached hydrogens (tertiary/aromatic N) is 1. The molecule has 156 valence electrons. The molecular formula is C22H24N3O5+. The van der Waals surface area contributed by atoms with E-state index in [9.17, 15) is 10.1 Å². The van der Waals surface area contributed by atoms with Crippen LogP contribution in [0.25, 0.3) is 0 Å². The molecule has 30 heavy (non-hydrogen) atoms. The van der Waals surface area contributed by atoms with Crippen molar-refractivity contribution in [3.05, 3.63) is 51.1 Å². The molecule has 0 bridgehead atoms. The lowest BCUT2D eigenvalue weighted by Gasteiger charge is -2.30. The van der Waals surface area contributed by atoms with Crippen LogP contribution in [0.3, 0.4) is 0 Å². The number of hydrogen-bond donors (Lipinski definition) is 2. The van der Waals surface area contributed by atoms with Gasteiger partial charge in [-0.15, -0.1) is 0 Å². The number of nitro groups is 1. The van der Waals surface area contributed by atoms with E-state index in [1.807, 2.05) is 13.0 Å². The van der Waals surface area contributed by atoms with E-state index in [2.05, 4.69) is 24.2 Å². The first-order chi connectivity index (χ1) is 14.5. The number of rotatable bonds is 4. The highest BCUT2D eigenvalue weighted by Crippen LogP contribution is 2.47. The van der Waals surface area contributed by atoms with E-state index in [1.54, 1.807) is 13.2 Å². The van der Waals surface area contributed by atoms with E-state index >= 15 is 0 Å². The second-order valence-electron chi connectivity index (χ2n) is 7.43. The Kier molecular flexibility index (Phi) is 5.38. The predicted octanol–water partition coefficient (Wildman–Crippen LogP) is 1.87. The van der Waals surface area contributed by atoms with Gasteiger partial charge in [-0.05, 0) is 30.0 Å². The zero-order valence-corrected chi connectivity index (χ0v) is 17.2. The summed E-state index contributed by atoms with van der Waals surface area (Å²) in [6.45, 7) is 3.43. The molecule has 0 spiro atoms. The number of quaternary nitrogens is 1. The van der Waals surface area contributed by atoms with Crippen LogP contribution in [-0.4, -0.2) is 39.0 Å². The summed E-state index contributed by atoms with van der Waals surface area (Å²) in [6.07, 6.45) is 0.914. The van der Waals surface area contributed by atoms with Gasteiger partial charge in [0.2, 0.25) is 12.5 Å². The van der Waals surface area contributed by atoms with Crippen molar-refractivity contribution in [1.29, 1.82) is 0 Å². The van der Waals surface area contributed by atoms with Gasteiger partial charge in [-0.2, -0.15) is 0 Å². The van der Waals surface area contributed by atoms with Gasteiger partial charge in [0.1, 0.15) is 0 Å². The molecule has 4 rings (SSSR count). The summed E-state index contributed by atoms with van der Waals surface area (Å²) in [5.74, 6) is 8.61. The number of ether oxygens (including phenoxy) is 3. The Morgan fingerprint density at radius 2 is 2.20 bits per heavy atom. The number of methoxy groups -OCH3 is 1. The fraction of sp³-hybridized carbons (Fsp3) is 0.364. The Labute approximate surface area is 174 Å². The summed E-state index contributed by atoms with van der Waals surface area (Å²) in [7, 11) is 3.75. The van der Waals surface area contributed by atoms with Gasteiger partial charge < -0.3 is 24.4 Å². The van der Waals surface area contributed by atoms with Crippen molar-refractivity contribution in [1.82, 2.24) is 0 Å². The quantitative estimate of drug-likeness (QED) is 0.455. The smallest absolute Gasteiger partial charge is 0.271 e. The standard InChI is InChI=1S/C22H23N3O5/c1-14-6-7-16(25(26)27)12-17(14)23-9-4-5-18-20-15(8-10-24(18)2)11-19-21(22(20)28-3)30-13-29-19/h6-7,11-12,18,23H,8-10,13H2,1-3H3/p+1/t18-/m0/s1. The monoisotopic (exact) mass is 410 g/mol. The molecule has 2 aliphatic rings. The molecule has 2 aromatic rings. The van der Waals surface area contributed by atoms with Crippen molar-refractivity contribution in [3.63, 3.8) is 0 Å². The van der Waals surface area contributed by atoms with Gasteiger partial charge in [0.25, 0.3) is 5.69 Å². The minimum Gasteiger partial charge on any atom is -0.492 e. The van der Waals surface area contributed by atoms with Crippen molar-refractivity contribution in [2.24, 2.45) is 0 Å². The number of nitrogens with one attached hydrogen (secondary N) is 2. The van der Waals surface area contributed by atoms with Crippen LogP contribution in [0.1, 0.15) is 22.7 Å². The molecule has 0 radical (unpaired) electrons. The highest BCUT2D eigenvalue weighted by molar-refractivity contribution is 5.62. The van der Waals surface area contributed by atoms with Crippen LogP contribution in [0, 0.1) is 28.9 Å². The topological polar surface area (TPSA) is 87.3 Å². The van der Waals surface area contributed by atoms with Crippen molar-refractivity contribution >= 4 is 11.4 Å². The Balaban J connectivity index is 1.58. The maximum atomic E-state index is 11.0. The Bertz CT molecular complexity index is 1060. The molecule has 8 nitrogen and oxygen atoms in total. The van der Waals surface area contributed by atoms with Crippen LogP contribution in [0.4, 0.5) is 11.4 Å². The van der Waals surface area contributed by atoms with Gasteiger partial charge in [-0.1, -0.05) is 12.0 Å². The number of aryl methyl sites for hydroxylation is 1. The van der Waals surface area contributed by atoms with E-state index in [-0.39, 0.29) is 18.5 Å². The number of hydrogen-bond acceptors (Lipinski definition) is 6. The third-order valence-electron chi connectivity index (χ3n) is 5.56. The number of fused-ring (bicyclic) bond motifs is 2. The number of benzene rings is 2. The van der Waals surface area contributed by atoms with Gasteiger partial charge in [0, 0.05) is 24.2 Å². The van der Waals surface area contributed by atoms with Crippen molar-refractivity contribution in [2.45, 2.75) is 19.4 Å². The molecule has 2 heterocycles. The molecule has 0 aromatic heterocycles. The van der Waals surface area contributed by atoms with Crippen LogP contribution in [0.2, 0.25) is 0 Å². The summed E-state index contributed by atoms with van der Waals surface area (Å²) in [5.41, 5.74) is 3.92. The molecule has 2 N–H and O–H groups in total. The van der Waals surface area contributed by atoms with Crippen LogP contribution in [-0.2, 0) is 6.42 Å². The maximum Gasteiger partial charge on any atom is 0.271 e. The summed E-state index contributed by atoms with van der Waals surface area (Å²) in [5, 5.41) is 14.2. The first kappa shape index (κ1) is 19.9. The Morgan fingerprint density at radius 3 is 2.97 bits per heavy atom. The van der Waals surface area contributed by atoms with Crippen LogP contribution in [0.15, 0.2) is 24.3 Å². The first-order valence-electron chi connectivity index (χ1n) is 9.78. The van der Waals surface area contributed by atoms with Gasteiger partial charge in [-0.25, -0.2) is 0 Å². The van der Waals surface area contributed by atoms with Gasteiger partial charge in [-0.3, -0.25) is 10.1 Å². The fourth-order valence-corrected chi connectivity index (χ4v) is 3.93. The van der Waals surface area contributed by atoms with Gasteiger partial charge in [0.05, 0.1) is 37.7 Å². The van der Waals surface area contributed by atoms with E-state index in [0.717, 1.165) is 29.8 Å². The van der Waals surface area contributed by atoms with E-state index in [4.69, 9.17) is 14.2 Å². The van der Waals surface area contributed by atoms with E-state index < -0.39 is 4.92 Å². The number of non-ortho nitro benzene ring substituents is 1. The van der Waals surface area contributed by atoms with E-state index in [0.29, 0.717) is 23.7 Å². The number of likely N-dealkylation sites (N-methyl/N-ethyl adjacent to an activating group) is 1. The van der Waals surface area contributed by atoms with Crippen LogP contribution < -0.4 is 24.4 Å². The van der Waals surface area contributed by atoms with E-state index in [1.165, 1.54) is 22.6 Å². The molecule has 0 aliphatic carbocycles. The van der Waals surface area contributed by atoms with Crippen molar-refractivity contribution in [3.8, 4) is 29.1 Å². The normalized spacial score (nSPS) is 18.8. The third-order valence-corrected chi connectivity index (χ3v) is 5.56. The minimum atomic E-state index is -0.399. The van der Waals surface area contributed by atoms with Gasteiger partial charge >= 0.3 is 0 Å². The lowest BCUT2D eigenvalue weighted by Crippen LogP contribution is -3.10. The van der Waals surface area contributed by atoms with Crippen LogP contribution in [0.5, 0.6) is 17.2 Å². The summed E-state index contributed by atoms with van der Waals surface area (Å²) < 4.78 is 16.9. The number of anilines is 1. The highest BCUT2D eigenvalue weighted by Gasteiger charge is 2.35. The minimum absolute atomic E-state index is 0.0576. The Hall–Kier alpha value is -3.44. The molecule has 2 atom stereocenters. The fourth-order valence-electron chi connectivity index (χ4n) is 3.93. The second-order valence-corrected chi connectivity index (χ2v) is 7.43. The molecule has 0 saturated carbocycles. The first-order valence-corrected chi connectivity index (χ1v) is 9.78. The summed E-state index contributed by atoms with van der Waals surface area (Å²) >= 11 is 0. The second kappa shape index (κ2) is 8.13. The van der Waals surface area contributed by atoms with Gasteiger partial charge in [0.15, 0.2) is 17.5 Å². The van der Waals surface area contributed by atoms with Crippen LogP contribution >= 0.6 is 0 Å². The Morgan fingerprint density at radius 1 is 1.37 bits per heavy atom. The molecule has 2 aliphatic heterocycles. The maximum absolute atomic E-state index is 11.0. The van der Waals surface area contributed by atoms with Crippen molar-refractivity contribution in [2.75, 3.05) is 39.4 Å². The largest absolute Gasteiger partial charge is 0.492 e. The predicted molar refractivity (Wildman–Crippen MR) is 111 cm³/mol. The molecule has 0 saturated heterocycles. The molecular weight excluding hydrogens is 386 g/mol. The molecule has 0 fully saturated rings. The lowest BCUT2D eigenvalue weighted by molar-refractivity contribution is -0.905.